The molecule has 8 heteroatoms. The first-order valence-electron chi connectivity index (χ1n) is 7.92. The summed E-state index contributed by atoms with van der Waals surface area (Å²) in [6.45, 7) is 8.26. The topological polar surface area (TPSA) is 58.1 Å². The number of carbonyl (C=O) groups is 1. The number of hydrogen-bond acceptors (Lipinski definition) is 6. The van der Waals surface area contributed by atoms with Gasteiger partial charge in [-0.15, -0.1) is 10.2 Å². The highest BCUT2D eigenvalue weighted by atomic mass is 32.2. The number of aromatic nitrogens is 2. The summed E-state index contributed by atoms with van der Waals surface area (Å²) in [5.74, 6) is 0.239. The van der Waals surface area contributed by atoms with E-state index >= 15 is 0 Å². The van der Waals surface area contributed by atoms with Crippen LogP contribution in [0.25, 0.3) is 0 Å². The van der Waals surface area contributed by atoms with Gasteiger partial charge in [-0.25, -0.2) is 0 Å². The Kier molecular flexibility index (Phi) is 6.79. The lowest BCUT2D eigenvalue weighted by Crippen LogP contribution is -2.29. The molecule has 2 heterocycles. The fourth-order valence-electron chi connectivity index (χ4n) is 2.20. The molecular weight excluding hydrogens is 348 g/mol. The molecule has 1 N–H and O–H groups in total. The lowest BCUT2D eigenvalue weighted by Gasteiger charge is -2.22. The van der Waals surface area contributed by atoms with Crippen molar-refractivity contribution in [3.63, 3.8) is 0 Å². The number of rotatable bonds is 3. The number of carbonyl (C=O) groups excluding carboxylic acids is 1. The van der Waals surface area contributed by atoms with E-state index in [1.165, 1.54) is 48.8 Å². The zero-order chi connectivity index (χ0) is 16.9. The molecule has 0 atom stereocenters. The molecule has 1 amide bonds. The SMILES string of the molecule is CC(C)(C)c1nnc(NC(=O)CSC(=S)N2CCCCCC2)s1. The quantitative estimate of drug-likeness (QED) is 0.817. The Bertz CT molecular complexity index is 545. The minimum Gasteiger partial charge on any atom is -0.358 e. The predicted molar refractivity (Wildman–Crippen MR) is 102 cm³/mol. The van der Waals surface area contributed by atoms with Gasteiger partial charge in [0.15, 0.2) is 0 Å². The summed E-state index contributed by atoms with van der Waals surface area (Å²) in [5.41, 5.74) is -0.0519. The molecule has 0 aromatic carbocycles. The molecule has 1 aromatic heterocycles. The molecule has 0 aliphatic carbocycles. The maximum atomic E-state index is 12.1. The normalized spacial score (nSPS) is 16.0. The van der Waals surface area contributed by atoms with Gasteiger partial charge in [0.1, 0.15) is 9.33 Å². The van der Waals surface area contributed by atoms with E-state index in [0.717, 1.165) is 22.4 Å². The zero-order valence-corrected chi connectivity index (χ0v) is 16.4. The van der Waals surface area contributed by atoms with Crippen LogP contribution in [-0.2, 0) is 10.2 Å². The third kappa shape index (κ3) is 6.00. The summed E-state index contributed by atoms with van der Waals surface area (Å²) < 4.78 is 0.828. The van der Waals surface area contributed by atoms with Crippen LogP contribution in [0.4, 0.5) is 5.13 Å². The maximum Gasteiger partial charge on any atom is 0.236 e. The van der Waals surface area contributed by atoms with Crippen molar-refractivity contribution < 1.29 is 4.79 Å². The molecule has 128 valence electrons. The van der Waals surface area contributed by atoms with Crippen LogP contribution in [0, 0.1) is 0 Å². The van der Waals surface area contributed by atoms with Gasteiger partial charge in [0.05, 0.1) is 5.75 Å². The van der Waals surface area contributed by atoms with Crippen molar-refractivity contribution in [2.75, 3.05) is 24.2 Å². The van der Waals surface area contributed by atoms with Crippen molar-refractivity contribution in [1.29, 1.82) is 0 Å². The molecular formula is C15H24N4OS3. The molecule has 1 aliphatic rings. The number of amides is 1. The molecule has 0 saturated carbocycles. The predicted octanol–water partition coefficient (Wildman–Crippen LogP) is 3.67. The van der Waals surface area contributed by atoms with Crippen molar-refractivity contribution in [3.8, 4) is 0 Å². The minimum absolute atomic E-state index is 0.0519. The second kappa shape index (κ2) is 8.39. The first-order chi connectivity index (χ1) is 10.9. The molecule has 2 rings (SSSR count). The number of hydrogen-bond donors (Lipinski definition) is 1. The smallest absolute Gasteiger partial charge is 0.236 e. The van der Waals surface area contributed by atoms with Crippen LogP contribution in [0.2, 0.25) is 0 Å². The number of nitrogens with one attached hydrogen (secondary N) is 1. The summed E-state index contributed by atoms with van der Waals surface area (Å²) in [6.07, 6.45) is 4.93. The van der Waals surface area contributed by atoms with Crippen LogP contribution in [0.3, 0.4) is 0 Å². The van der Waals surface area contributed by atoms with Crippen molar-refractivity contribution in [2.45, 2.75) is 51.9 Å². The minimum atomic E-state index is -0.0798. The highest BCUT2D eigenvalue weighted by Crippen LogP contribution is 2.27. The van der Waals surface area contributed by atoms with E-state index in [-0.39, 0.29) is 11.3 Å². The van der Waals surface area contributed by atoms with Gasteiger partial charge in [-0.1, -0.05) is 68.9 Å². The number of anilines is 1. The maximum absolute atomic E-state index is 12.1. The third-order valence-electron chi connectivity index (χ3n) is 3.50. The Hall–Kier alpha value is -0.730. The van der Waals surface area contributed by atoms with Crippen LogP contribution >= 0.6 is 35.3 Å². The van der Waals surface area contributed by atoms with Crippen molar-refractivity contribution in [3.05, 3.63) is 5.01 Å². The summed E-state index contributed by atoms with van der Waals surface area (Å²) >= 11 is 8.31. The van der Waals surface area contributed by atoms with Crippen LogP contribution in [0.5, 0.6) is 0 Å². The van der Waals surface area contributed by atoms with Gasteiger partial charge >= 0.3 is 0 Å². The molecule has 23 heavy (non-hydrogen) atoms. The van der Waals surface area contributed by atoms with E-state index in [1.807, 2.05) is 0 Å². The second-order valence-corrected chi connectivity index (χ2v) is 9.25. The van der Waals surface area contributed by atoms with E-state index in [1.54, 1.807) is 0 Å². The number of thiocarbonyl (C=S) groups is 1. The number of thioether (sulfide) groups is 1. The molecule has 1 aromatic rings. The monoisotopic (exact) mass is 372 g/mol. The van der Waals surface area contributed by atoms with Gasteiger partial charge in [-0.05, 0) is 12.8 Å². The van der Waals surface area contributed by atoms with Crippen LogP contribution in [0.15, 0.2) is 0 Å². The fraction of sp³-hybridized carbons (Fsp3) is 0.733. The molecule has 0 bridgehead atoms. The average Bonchev–Trinajstić information content (AvgIpc) is 2.79. The summed E-state index contributed by atoms with van der Waals surface area (Å²) in [7, 11) is 0. The average molecular weight is 373 g/mol. The Labute approximate surface area is 151 Å². The molecule has 1 fully saturated rings. The molecule has 0 unspecified atom stereocenters. The van der Waals surface area contributed by atoms with Gasteiger partial charge in [0.2, 0.25) is 11.0 Å². The zero-order valence-electron chi connectivity index (χ0n) is 13.9. The second-order valence-electron chi connectivity index (χ2n) is 6.67. The lowest BCUT2D eigenvalue weighted by atomic mass is 9.98. The molecule has 0 radical (unpaired) electrons. The van der Waals surface area contributed by atoms with Crippen LogP contribution < -0.4 is 5.32 Å². The lowest BCUT2D eigenvalue weighted by molar-refractivity contribution is -0.113. The first kappa shape index (κ1) is 18.6. The van der Waals surface area contributed by atoms with Crippen molar-refractivity contribution >= 4 is 50.7 Å². The molecule has 5 nitrogen and oxygen atoms in total. The van der Waals surface area contributed by atoms with Gasteiger partial charge < -0.3 is 4.90 Å². The highest BCUT2D eigenvalue weighted by molar-refractivity contribution is 8.23. The van der Waals surface area contributed by atoms with Gasteiger partial charge in [-0.2, -0.15) is 0 Å². The van der Waals surface area contributed by atoms with Crippen molar-refractivity contribution in [1.82, 2.24) is 15.1 Å². The molecule has 1 saturated heterocycles. The van der Waals surface area contributed by atoms with E-state index in [9.17, 15) is 4.79 Å². The standard InChI is InChI=1S/C15H24N4OS3/c1-15(2,3)12-17-18-13(23-12)16-11(20)10-22-14(21)19-8-6-4-5-7-9-19/h4-10H2,1-3H3,(H,16,18,20). The Balaban J connectivity index is 1.78. The van der Waals surface area contributed by atoms with Crippen LogP contribution in [-0.4, -0.2) is 44.2 Å². The first-order valence-corrected chi connectivity index (χ1v) is 10.1. The van der Waals surface area contributed by atoms with Gasteiger partial charge in [-0.3, -0.25) is 10.1 Å². The number of likely N-dealkylation sites (tertiary alicyclic amines) is 1. The summed E-state index contributed by atoms with van der Waals surface area (Å²) in [4.78, 5) is 14.3. The fourth-order valence-corrected chi connectivity index (χ4v) is 4.07. The Morgan fingerprint density at radius 3 is 2.48 bits per heavy atom. The van der Waals surface area contributed by atoms with E-state index in [4.69, 9.17) is 12.2 Å². The Morgan fingerprint density at radius 1 is 1.26 bits per heavy atom. The van der Waals surface area contributed by atoms with Gasteiger partial charge in [0.25, 0.3) is 0 Å². The summed E-state index contributed by atoms with van der Waals surface area (Å²) in [6, 6.07) is 0. The summed E-state index contributed by atoms with van der Waals surface area (Å²) in [5, 5.41) is 12.5. The molecule has 1 aliphatic heterocycles. The van der Waals surface area contributed by atoms with Crippen molar-refractivity contribution in [2.24, 2.45) is 0 Å². The van der Waals surface area contributed by atoms with E-state index in [2.05, 4.69) is 41.2 Å². The molecule has 0 spiro atoms. The van der Waals surface area contributed by atoms with Gasteiger partial charge in [0, 0.05) is 18.5 Å². The number of nitrogens with zero attached hydrogens (tertiary/aromatic N) is 3. The van der Waals surface area contributed by atoms with E-state index in [0.29, 0.717) is 10.9 Å². The largest absolute Gasteiger partial charge is 0.358 e. The Morgan fingerprint density at radius 2 is 1.91 bits per heavy atom. The van der Waals surface area contributed by atoms with Crippen LogP contribution in [0.1, 0.15) is 51.5 Å². The van der Waals surface area contributed by atoms with E-state index < -0.39 is 0 Å². The highest BCUT2D eigenvalue weighted by Gasteiger charge is 2.20. The third-order valence-corrected chi connectivity index (χ3v) is 6.29.